The van der Waals surface area contributed by atoms with Crippen LogP contribution in [0, 0.1) is 29.4 Å². The number of hydrogen-bond donors (Lipinski definition) is 5. The summed E-state index contributed by atoms with van der Waals surface area (Å²) < 4.78 is 103. The smallest absolute Gasteiger partial charge is 0.409 e. The Morgan fingerprint density at radius 1 is 0.391 bits per heavy atom. The van der Waals surface area contributed by atoms with Gasteiger partial charge in [-0.15, -0.1) is 0 Å². The van der Waals surface area contributed by atoms with Gasteiger partial charge in [-0.05, 0) is 155 Å². The third-order valence-corrected chi connectivity index (χ3v) is 24.2. The molecule has 0 unspecified atom stereocenters. The zero-order valence-corrected chi connectivity index (χ0v) is 78.6. The van der Waals surface area contributed by atoms with E-state index in [2.05, 4.69) is 90.3 Å². The number of alkyl carbamates (subject to hydrolysis) is 1. The number of nitrogens with one attached hydrogen (secondary N) is 3. The highest BCUT2D eigenvalue weighted by Crippen LogP contribution is 2.35. The van der Waals surface area contributed by atoms with Crippen LogP contribution in [0.15, 0.2) is 183 Å². The topological polar surface area (TPSA) is 350 Å². The monoisotopic (exact) mass is 1910 g/mol. The molecular formula is C101H130F6N20O11. The molecule has 31 nitrogen and oxygen atoms in total. The number of para-hydroxylation sites is 1. The molecule has 5 aromatic heterocycles. The van der Waals surface area contributed by atoms with Gasteiger partial charge in [-0.1, -0.05) is 126 Å². The number of alkyl halides is 4. The fraction of sp³-hybridized carbons (Fsp3) is 0.455. The molecule has 5 amide bonds. The summed E-state index contributed by atoms with van der Waals surface area (Å²) in [6.45, 7) is 23.3. The summed E-state index contributed by atoms with van der Waals surface area (Å²) in [7, 11) is 0. The van der Waals surface area contributed by atoms with Crippen LogP contribution in [0.4, 0.5) is 65.0 Å². The number of carbonyl (C=O) groups excluding carboxylic acids is 5. The first kappa shape index (κ1) is 102. The number of anilines is 5. The van der Waals surface area contributed by atoms with Crippen molar-refractivity contribution >= 4 is 59.0 Å². The van der Waals surface area contributed by atoms with Crippen molar-refractivity contribution in [2.24, 2.45) is 17.8 Å². The number of piperidine rings is 3. The number of halogens is 6. The number of aliphatic hydroxyl groups excluding tert-OH is 1. The Labute approximate surface area is 805 Å². The van der Waals surface area contributed by atoms with Crippen LogP contribution < -0.4 is 40.4 Å². The number of phenols is 1. The number of phenolic OH excluding ortho intramolecular Hbond substituents is 1. The van der Waals surface area contributed by atoms with Crippen molar-refractivity contribution in [2.45, 2.75) is 161 Å². The van der Waals surface area contributed by atoms with Gasteiger partial charge >= 0.3 is 12.2 Å². The van der Waals surface area contributed by atoms with Crippen molar-refractivity contribution in [3.63, 3.8) is 0 Å². The number of hydrogen-bond acceptors (Lipinski definition) is 26. The summed E-state index contributed by atoms with van der Waals surface area (Å²) in [5.41, 5.74) is 1.91. The van der Waals surface area contributed by atoms with E-state index < -0.39 is 19.0 Å². The maximum absolute atomic E-state index is 14.0. The first-order valence-electron chi connectivity index (χ1n) is 47.3. The number of benzene rings is 5. The fourth-order valence-electron chi connectivity index (χ4n) is 16.7. The number of rotatable bonds is 24. The molecule has 17 rings (SSSR count). The normalized spacial score (nSPS) is 17.3. The molecule has 7 aliphatic rings. The lowest BCUT2D eigenvalue weighted by atomic mass is 10.0. The Morgan fingerprint density at radius 3 is 1.06 bits per heavy atom. The minimum absolute atomic E-state index is 0. The summed E-state index contributed by atoms with van der Waals surface area (Å²) in [4.78, 5) is 118. The van der Waals surface area contributed by atoms with E-state index >= 15 is 0 Å². The van der Waals surface area contributed by atoms with Gasteiger partial charge in [-0.25, -0.2) is 85.8 Å². The summed E-state index contributed by atoms with van der Waals surface area (Å²) in [5.74, 6) is 5.64. The maximum Gasteiger partial charge on any atom is 0.409 e. The molecule has 7 aliphatic heterocycles. The van der Waals surface area contributed by atoms with Gasteiger partial charge in [0, 0.05) is 182 Å². The number of ether oxygens (including phenoxy) is 4. The maximum atomic E-state index is 14.0. The lowest BCUT2D eigenvalue weighted by Gasteiger charge is -2.36. The summed E-state index contributed by atoms with van der Waals surface area (Å²) >= 11 is 0. The number of carbonyl (C=O) groups is 5. The van der Waals surface area contributed by atoms with Crippen LogP contribution in [0.1, 0.15) is 142 Å². The number of aliphatic hydroxyl groups is 1. The molecule has 3 atom stereocenters. The molecule has 5 aromatic carbocycles. The average Bonchev–Trinajstić information content (AvgIpc) is 1.52. The Balaban J connectivity index is 0.000000197. The molecule has 0 bridgehead atoms. The van der Waals surface area contributed by atoms with Crippen LogP contribution in [-0.2, 0) is 33.3 Å². The first-order chi connectivity index (χ1) is 66.7. The number of nitrogens with zero attached hydrogens (tertiary/aromatic N) is 17. The van der Waals surface area contributed by atoms with Gasteiger partial charge in [-0.3, -0.25) is 14.4 Å². The number of piperazine rings is 2. The van der Waals surface area contributed by atoms with Crippen molar-refractivity contribution in [3.8, 4) is 62.7 Å². The molecular weight excluding hydrogens is 1780 g/mol. The first-order valence-corrected chi connectivity index (χ1v) is 47.3. The highest BCUT2D eigenvalue weighted by atomic mass is 19.3. The summed E-state index contributed by atoms with van der Waals surface area (Å²) in [6.07, 6.45) is 9.57. The minimum atomic E-state index is -2.59. The van der Waals surface area contributed by atoms with Crippen LogP contribution in [0.25, 0.3) is 56.9 Å². The van der Waals surface area contributed by atoms with Crippen molar-refractivity contribution in [1.29, 1.82) is 0 Å². The third kappa shape index (κ3) is 29.2. The molecule has 742 valence electrons. The Hall–Kier alpha value is -13.3. The molecule has 12 heterocycles. The standard InChI is InChI=1S/C21H24F2N4O2.C21H26F2N4O2.C20H23FN4O2.C20H26N4O3.C19H23FN4O2.4H2/c22-19(23)15-4-1-2-5-16(15)20-24-10-7-18(26-20)27-11-8-14(9-12-27)25-21(28)17-6-3-13-29-17;1-14(2)13-29-21(28)25-15-8-11-27(12-9-15)18-7-10-24-20(26-18)17-6-4-3-5-16(17)19(22)23;21-16-5-2-1-4-15(16)19-22-10-7-18(24-19)25-11-8-14(9-12-25)23-20(26)17-6-3-13-27-17;1-14(2)13-17(26)20(27)24-11-9-23(10-12-24)18-7-8-21-19(22-18)15-5-3-4-6-16(15)25;1-14(2)13-26-19(25)24-11-9-23(10-12-24)17-7-8-21-18(22-17)15-5-3-4-6-16(15)20;;;;/h1-2,4-5,7,10,14,17,19H,3,6,8-9,11-13H2,(H,25,28);3-7,10,14-15,19H,8-9,11-13H2,1-2H3,(H,25,28);1-2,4-5,7,10,14,17H,3,6,8-9,11-13H2,(H,23,26);3-8,14,17,25-26H,9-13H2,1-2H3;3-8,14H,9-13H2,1-2H3;4*1H/t17-;;2*17-;;;;;/m1.11...../s1. The molecule has 138 heavy (non-hydrogen) atoms. The zero-order chi connectivity index (χ0) is 97.6. The molecule has 10 aromatic rings. The second kappa shape index (κ2) is 50.7. The van der Waals surface area contributed by atoms with Crippen LogP contribution in [-0.4, -0.2) is 254 Å². The molecule has 0 radical (unpaired) electrons. The second-order valence-corrected chi connectivity index (χ2v) is 35.8. The van der Waals surface area contributed by atoms with E-state index in [4.69, 9.17) is 18.9 Å². The lowest BCUT2D eigenvalue weighted by Crippen LogP contribution is -2.51. The third-order valence-electron chi connectivity index (χ3n) is 24.2. The van der Waals surface area contributed by atoms with Crippen molar-refractivity contribution in [2.75, 3.05) is 143 Å². The van der Waals surface area contributed by atoms with E-state index in [0.717, 1.165) is 108 Å². The molecule has 0 aliphatic carbocycles. The van der Waals surface area contributed by atoms with Gasteiger partial charge < -0.3 is 79.4 Å². The molecule has 0 saturated carbocycles. The summed E-state index contributed by atoms with van der Waals surface area (Å²) in [5, 5.41) is 29.2. The van der Waals surface area contributed by atoms with Crippen LogP contribution >= 0.6 is 0 Å². The molecule has 0 spiro atoms. The Kier molecular flexibility index (Phi) is 37.5. The number of aromatic hydroxyl groups is 1. The highest BCUT2D eigenvalue weighted by Gasteiger charge is 2.34. The minimum Gasteiger partial charge on any atom is -0.507 e. The Morgan fingerprint density at radius 2 is 0.710 bits per heavy atom. The van der Waals surface area contributed by atoms with Gasteiger partial charge in [0.1, 0.15) is 64.8 Å². The number of amides is 5. The van der Waals surface area contributed by atoms with Crippen LogP contribution in [0.3, 0.4) is 0 Å². The van der Waals surface area contributed by atoms with E-state index in [1.807, 2.05) is 59.7 Å². The van der Waals surface area contributed by atoms with Crippen LogP contribution in [0.5, 0.6) is 5.75 Å². The van der Waals surface area contributed by atoms with Gasteiger partial charge in [0.15, 0.2) is 29.1 Å². The highest BCUT2D eigenvalue weighted by molar-refractivity contribution is 5.82. The van der Waals surface area contributed by atoms with E-state index in [9.17, 15) is 60.5 Å². The van der Waals surface area contributed by atoms with Gasteiger partial charge in [0.2, 0.25) is 11.8 Å². The van der Waals surface area contributed by atoms with Gasteiger partial charge in [0.25, 0.3) is 18.8 Å². The van der Waals surface area contributed by atoms with E-state index in [1.165, 1.54) is 24.3 Å². The molecule has 7 saturated heterocycles. The summed E-state index contributed by atoms with van der Waals surface area (Å²) in [6, 6.07) is 41.9. The quantitative estimate of drug-likeness (QED) is 0.0351. The average molecular weight is 1910 g/mol. The van der Waals surface area contributed by atoms with Gasteiger partial charge in [-0.2, -0.15) is 0 Å². The lowest BCUT2D eigenvalue weighted by molar-refractivity contribution is -0.141. The van der Waals surface area contributed by atoms with E-state index in [0.29, 0.717) is 173 Å². The largest absolute Gasteiger partial charge is 0.507 e. The molecule has 5 N–H and O–H groups in total. The Bertz CT molecular complexity index is 5620. The molecule has 37 heteroatoms. The SMILES string of the molecule is CC(C)COC(=O)N1CCN(c2ccnc(-c3ccccc3F)n2)CC1.CC(C)COC(=O)NC1CCN(c2ccnc(-c3ccccc3C(F)F)n2)CC1.CC(C)C[C@@H](O)C(=O)N1CCN(c2ccnc(-c3ccccc3O)n2)CC1.O=C(NC1CCN(c2ccnc(-c3ccccc3C(F)F)n2)CC1)[C@H]1CCCO1.O=C(NC1CCN(c2ccnc(-c3ccccc3F)n2)CC1)[C@H]1CCCO1.[HH].[HH].[HH].[HH]. The van der Waals surface area contributed by atoms with E-state index in [1.54, 1.807) is 150 Å². The van der Waals surface area contributed by atoms with E-state index in [-0.39, 0.29) is 106 Å². The van der Waals surface area contributed by atoms with Gasteiger partial charge in [0.05, 0.1) is 29.9 Å². The zero-order valence-electron chi connectivity index (χ0n) is 78.6. The predicted molar refractivity (Wildman–Crippen MR) is 521 cm³/mol. The number of aromatic nitrogens is 10. The van der Waals surface area contributed by atoms with Crippen molar-refractivity contribution < 1.29 is 85.2 Å². The fourth-order valence-corrected chi connectivity index (χ4v) is 16.7. The second-order valence-electron chi connectivity index (χ2n) is 35.8. The van der Waals surface area contributed by atoms with Crippen molar-refractivity contribution in [1.82, 2.24) is 75.6 Å². The van der Waals surface area contributed by atoms with Crippen LogP contribution in [0.2, 0.25) is 0 Å². The molecule has 7 fully saturated rings. The van der Waals surface area contributed by atoms with Crippen molar-refractivity contribution in [3.05, 3.63) is 205 Å². The predicted octanol–water partition coefficient (Wildman–Crippen LogP) is 16.4.